The van der Waals surface area contributed by atoms with Crippen LogP contribution >= 0.6 is 11.6 Å². The van der Waals surface area contributed by atoms with Gasteiger partial charge in [-0.3, -0.25) is 4.90 Å². The Kier molecular flexibility index (Phi) is 5.47. The van der Waals surface area contributed by atoms with E-state index in [1.54, 1.807) is 12.1 Å². The number of benzene rings is 1. The van der Waals surface area contributed by atoms with E-state index in [4.69, 9.17) is 16.9 Å². The first-order chi connectivity index (χ1) is 11.7. The first-order valence-corrected chi connectivity index (χ1v) is 8.33. The molecule has 0 atom stereocenters. The standard InChI is InChI=1S/C17H19ClN6/c18-14-2-1-3-16(12-14)24-10-8-23(9-11-24)7-6-20-17-5-4-15(13-19)21-22-17/h1-5,12H,6-11H2,(H,20,22). The SMILES string of the molecule is N#Cc1ccc(NCCN2CCN(c3cccc(Cl)c3)CC2)nn1. The Labute approximate surface area is 146 Å². The summed E-state index contributed by atoms with van der Waals surface area (Å²) >= 11 is 6.06. The zero-order chi connectivity index (χ0) is 16.8. The lowest BCUT2D eigenvalue weighted by atomic mass is 10.2. The molecule has 1 aliphatic rings. The van der Waals surface area contributed by atoms with Gasteiger partial charge in [-0.05, 0) is 30.3 Å². The van der Waals surface area contributed by atoms with Crippen molar-refractivity contribution in [1.82, 2.24) is 15.1 Å². The lowest BCUT2D eigenvalue weighted by Gasteiger charge is -2.36. The molecule has 0 saturated carbocycles. The molecule has 0 aliphatic carbocycles. The molecule has 1 aromatic heterocycles. The summed E-state index contributed by atoms with van der Waals surface area (Å²) in [5, 5.41) is 20.5. The Morgan fingerprint density at radius 3 is 2.62 bits per heavy atom. The van der Waals surface area contributed by atoms with E-state index in [1.807, 2.05) is 24.3 Å². The Balaban J connectivity index is 1.41. The van der Waals surface area contributed by atoms with E-state index in [1.165, 1.54) is 5.69 Å². The van der Waals surface area contributed by atoms with Gasteiger partial charge in [-0.2, -0.15) is 5.26 Å². The summed E-state index contributed by atoms with van der Waals surface area (Å²) in [6.45, 7) is 5.79. The van der Waals surface area contributed by atoms with Crippen LogP contribution in [0.4, 0.5) is 11.5 Å². The van der Waals surface area contributed by atoms with Gasteiger partial charge in [-0.1, -0.05) is 17.7 Å². The zero-order valence-corrected chi connectivity index (χ0v) is 14.1. The van der Waals surface area contributed by atoms with Crippen LogP contribution in [-0.2, 0) is 0 Å². The molecular weight excluding hydrogens is 324 g/mol. The molecule has 0 unspecified atom stereocenters. The number of aromatic nitrogens is 2. The molecule has 6 nitrogen and oxygen atoms in total. The van der Waals surface area contributed by atoms with Crippen LogP contribution in [0.25, 0.3) is 0 Å². The van der Waals surface area contributed by atoms with E-state index in [2.05, 4.69) is 31.4 Å². The Morgan fingerprint density at radius 1 is 1.12 bits per heavy atom. The smallest absolute Gasteiger partial charge is 0.163 e. The molecule has 1 fully saturated rings. The van der Waals surface area contributed by atoms with Crippen LogP contribution in [0.15, 0.2) is 36.4 Å². The maximum Gasteiger partial charge on any atom is 0.163 e. The van der Waals surface area contributed by atoms with Crippen molar-refractivity contribution >= 4 is 23.1 Å². The number of rotatable bonds is 5. The summed E-state index contributed by atoms with van der Waals surface area (Å²) in [4.78, 5) is 4.78. The molecule has 3 rings (SSSR count). The van der Waals surface area contributed by atoms with Crippen LogP contribution in [0.1, 0.15) is 5.69 Å². The lowest BCUT2D eigenvalue weighted by molar-refractivity contribution is 0.267. The first kappa shape index (κ1) is 16.5. The quantitative estimate of drug-likeness (QED) is 0.898. The average molecular weight is 343 g/mol. The highest BCUT2D eigenvalue weighted by molar-refractivity contribution is 6.30. The number of piperazine rings is 1. The van der Waals surface area contributed by atoms with E-state index in [9.17, 15) is 0 Å². The Hall–Kier alpha value is -2.36. The number of nitrogens with zero attached hydrogens (tertiary/aromatic N) is 5. The number of anilines is 2. The van der Waals surface area contributed by atoms with Gasteiger partial charge in [0.15, 0.2) is 5.69 Å². The minimum atomic E-state index is 0.331. The van der Waals surface area contributed by atoms with Gasteiger partial charge in [-0.15, -0.1) is 10.2 Å². The molecule has 0 radical (unpaired) electrons. The van der Waals surface area contributed by atoms with Crippen molar-refractivity contribution in [2.45, 2.75) is 0 Å². The molecular formula is C17H19ClN6. The molecule has 24 heavy (non-hydrogen) atoms. The van der Waals surface area contributed by atoms with Crippen LogP contribution < -0.4 is 10.2 Å². The highest BCUT2D eigenvalue weighted by Gasteiger charge is 2.16. The highest BCUT2D eigenvalue weighted by atomic mass is 35.5. The van der Waals surface area contributed by atoms with Crippen molar-refractivity contribution in [2.24, 2.45) is 0 Å². The monoisotopic (exact) mass is 342 g/mol. The number of hydrogen-bond donors (Lipinski definition) is 1. The fourth-order valence-electron chi connectivity index (χ4n) is 2.73. The average Bonchev–Trinajstić information content (AvgIpc) is 2.63. The normalized spacial score (nSPS) is 15.1. The molecule has 2 heterocycles. The molecule has 7 heteroatoms. The summed E-state index contributed by atoms with van der Waals surface area (Å²) in [6.07, 6.45) is 0. The van der Waals surface area contributed by atoms with Gasteiger partial charge >= 0.3 is 0 Å². The zero-order valence-electron chi connectivity index (χ0n) is 13.3. The molecule has 0 amide bonds. The second kappa shape index (κ2) is 7.95. The molecule has 1 aliphatic heterocycles. The summed E-state index contributed by atoms with van der Waals surface area (Å²) < 4.78 is 0. The second-order valence-electron chi connectivity index (χ2n) is 5.65. The van der Waals surface area contributed by atoms with Gasteiger partial charge < -0.3 is 10.2 Å². The minimum Gasteiger partial charge on any atom is -0.369 e. The van der Waals surface area contributed by atoms with Gasteiger partial charge in [0.2, 0.25) is 0 Å². The van der Waals surface area contributed by atoms with Crippen LogP contribution in [0, 0.1) is 11.3 Å². The summed E-state index contributed by atoms with van der Waals surface area (Å²) in [7, 11) is 0. The molecule has 1 N–H and O–H groups in total. The van der Waals surface area contributed by atoms with E-state index in [0.717, 1.165) is 44.3 Å². The summed E-state index contributed by atoms with van der Waals surface area (Å²) in [6, 6.07) is 13.4. The fourth-order valence-corrected chi connectivity index (χ4v) is 2.92. The van der Waals surface area contributed by atoms with E-state index in [-0.39, 0.29) is 0 Å². The number of nitriles is 1. The third-order valence-corrected chi connectivity index (χ3v) is 4.29. The van der Waals surface area contributed by atoms with Crippen molar-refractivity contribution < 1.29 is 0 Å². The first-order valence-electron chi connectivity index (χ1n) is 7.95. The molecule has 1 aromatic carbocycles. The van der Waals surface area contributed by atoms with Crippen molar-refractivity contribution in [3.8, 4) is 6.07 Å². The van der Waals surface area contributed by atoms with Crippen LogP contribution in [0.5, 0.6) is 0 Å². The Morgan fingerprint density at radius 2 is 1.96 bits per heavy atom. The number of nitrogens with one attached hydrogen (secondary N) is 1. The fraction of sp³-hybridized carbons (Fsp3) is 0.353. The maximum atomic E-state index is 8.70. The van der Waals surface area contributed by atoms with Gasteiger partial charge in [0.25, 0.3) is 0 Å². The summed E-state index contributed by atoms with van der Waals surface area (Å²) in [5.74, 6) is 0.701. The van der Waals surface area contributed by atoms with Crippen molar-refractivity contribution in [3.05, 3.63) is 47.1 Å². The van der Waals surface area contributed by atoms with Crippen molar-refractivity contribution in [1.29, 1.82) is 5.26 Å². The molecule has 0 bridgehead atoms. The second-order valence-corrected chi connectivity index (χ2v) is 6.09. The molecule has 2 aromatic rings. The molecule has 124 valence electrons. The van der Waals surface area contributed by atoms with E-state index < -0.39 is 0 Å². The van der Waals surface area contributed by atoms with E-state index >= 15 is 0 Å². The van der Waals surface area contributed by atoms with Gasteiger partial charge in [0, 0.05) is 50.0 Å². The lowest BCUT2D eigenvalue weighted by Crippen LogP contribution is -2.47. The van der Waals surface area contributed by atoms with Gasteiger partial charge in [-0.25, -0.2) is 0 Å². The summed E-state index contributed by atoms with van der Waals surface area (Å²) in [5.41, 5.74) is 1.52. The number of hydrogen-bond acceptors (Lipinski definition) is 6. The van der Waals surface area contributed by atoms with Gasteiger partial charge in [0.1, 0.15) is 11.9 Å². The van der Waals surface area contributed by atoms with Crippen LogP contribution in [-0.4, -0.2) is 54.4 Å². The minimum absolute atomic E-state index is 0.331. The predicted molar refractivity (Wildman–Crippen MR) is 95.3 cm³/mol. The predicted octanol–water partition coefficient (Wildman–Crippen LogP) is 2.24. The van der Waals surface area contributed by atoms with Crippen molar-refractivity contribution in [2.75, 3.05) is 49.5 Å². The van der Waals surface area contributed by atoms with Crippen LogP contribution in [0.2, 0.25) is 5.02 Å². The van der Waals surface area contributed by atoms with Crippen molar-refractivity contribution in [3.63, 3.8) is 0 Å². The maximum absolute atomic E-state index is 8.70. The van der Waals surface area contributed by atoms with Gasteiger partial charge in [0.05, 0.1) is 0 Å². The molecule has 1 saturated heterocycles. The topological polar surface area (TPSA) is 68.1 Å². The largest absolute Gasteiger partial charge is 0.369 e. The van der Waals surface area contributed by atoms with E-state index in [0.29, 0.717) is 11.5 Å². The third kappa shape index (κ3) is 4.34. The van der Waals surface area contributed by atoms with Crippen LogP contribution in [0.3, 0.4) is 0 Å². The Bertz CT molecular complexity index is 704. The number of halogens is 1. The molecule has 0 spiro atoms. The highest BCUT2D eigenvalue weighted by Crippen LogP contribution is 2.20. The third-order valence-electron chi connectivity index (χ3n) is 4.06.